The van der Waals surface area contributed by atoms with Crippen LogP contribution < -0.4 is 4.74 Å². The maximum absolute atomic E-state index is 11.1. The second kappa shape index (κ2) is 6.91. The third kappa shape index (κ3) is 5.36. The zero-order valence-corrected chi connectivity index (χ0v) is 10.2. The molecule has 0 aliphatic heterocycles. The SMILES string of the molecule is COC(=O)Cc1cccc(OCCC(C)O)c1. The molecule has 0 fully saturated rings. The van der Waals surface area contributed by atoms with E-state index in [1.165, 1.54) is 7.11 Å². The van der Waals surface area contributed by atoms with Crippen LogP contribution in [0, 0.1) is 0 Å². The number of carbonyl (C=O) groups is 1. The molecule has 4 heteroatoms. The van der Waals surface area contributed by atoms with Gasteiger partial charge in [-0.05, 0) is 24.6 Å². The van der Waals surface area contributed by atoms with E-state index in [0.29, 0.717) is 18.8 Å². The number of esters is 1. The summed E-state index contributed by atoms with van der Waals surface area (Å²) < 4.78 is 10.1. The maximum Gasteiger partial charge on any atom is 0.309 e. The molecule has 1 aromatic rings. The van der Waals surface area contributed by atoms with E-state index in [2.05, 4.69) is 4.74 Å². The summed E-state index contributed by atoms with van der Waals surface area (Å²) >= 11 is 0. The molecule has 1 N–H and O–H groups in total. The standard InChI is InChI=1S/C13H18O4/c1-10(14)6-7-17-12-5-3-4-11(8-12)9-13(15)16-2/h3-5,8,10,14H,6-7,9H2,1-2H3. The van der Waals surface area contributed by atoms with Crippen LogP contribution in [-0.2, 0) is 16.0 Å². The zero-order valence-electron chi connectivity index (χ0n) is 10.2. The second-order valence-corrected chi connectivity index (χ2v) is 3.89. The molecule has 0 aliphatic carbocycles. The van der Waals surface area contributed by atoms with Gasteiger partial charge in [0, 0.05) is 6.42 Å². The largest absolute Gasteiger partial charge is 0.493 e. The number of rotatable bonds is 6. The first-order chi connectivity index (χ1) is 8.11. The van der Waals surface area contributed by atoms with Gasteiger partial charge in [0.25, 0.3) is 0 Å². The van der Waals surface area contributed by atoms with Gasteiger partial charge in [0.1, 0.15) is 5.75 Å². The Morgan fingerprint density at radius 3 is 2.88 bits per heavy atom. The van der Waals surface area contributed by atoms with E-state index in [1.54, 1.807) is 13.0 Å². The number of hydrogen-bond donors (Lipinski definition) is 1. The van der Waals surface area contributed by atoms with Crippen LogP contribution in [0.4, 0.5) is 0 Å². The fraction of sp³-hybridized carbons (Fsp3) is 0.462. The van der Waals surface area contributed by atoms with Crippen molar-refractivity contribution in [3.8, 4) is 5.75 Å². The first kappa shape index (κ1) is 13.5. The van der Waals surface area contributed by atoms with Gasteiger partial charge in [0.15, 0.2) is 0 Å². The number of methoxy groups -OCH3 is 1. The van der Waals surface area contributed by atoms with Gasteiger partial charge in [-0.15, -0.1) is 0 Å². The summed E-state index contributed by atoms with van der Waals surface area (Å²) in [6, 6.07) is 7.30. The molecule has 0 spiro atoms. The van der Waals surface area contributed by atoms with Crippen molar-refractivity contribution < 1.29 is 19.4 Å². The van der Waals surface area contributed by atoms with Crippen molar-refractivity contribution in [2.24, 2.45) is 0 Å². The number of benzene rings is 1. The van der Waals surface area contributed by atoms with Gasteiger partial charge in [-0.2, -0.15) is 0 Å². The van der Waals surface area contributed by atoms with E-state index in [4.69, 9.17) is 9.84 Å². The predicted molar refractivity (Wildman–Crippen MR) is 64.0 cm³/mol. The summed E-state index contributed by atoms with van der Waals surface area (Å²) in [4.78, 5) is 11.1. The molecule has 0 amide bonds. The molecule has 1 rings (SSSR count). The second-order valence-electron chi connectivity index (χ2n) is 3.89. The van der Waals surface area contributed by atoms with Crippen LogP contribution in [-0.4, -0.2) is 30.9 Å². The Labute approximate surface area is 101 Å². The average Bonchev–Trinajstić information content (AvgIpc) is 2.29. The molecule has 1 atom stereocenters. The van der Waals surface area contributed by atoms with Gasteiger partial charge in [0.05, 0.1) is 26.2 Å². The average molecular weight is 238 g/mol. The van der Waals surface area contributed by atoms with E-state index in [0.717, 1.165) is 5.56 Å². The van der Waals surface area contributed by atoms with Gasteiger partial charge in [0.2, 0.25) is 0 Å². The predicted octanol–water partition coefficient (Wildman–Crippen LogP) is 1.55. The maximum atomic E-state index is 11.1. The minimum absolute atomic E-state index is 0.240. The van der Waals surface area contributed by atoms with E-state index in [9.17, 15) is 4.79 Å². The lowest BCUT2D eigenvalue weighted by Crippen LogP contribution is -2.08. The Balaban J connectivity index is 2.50. The third-order valence-electron chi connectivity index (χ3n) is 2.28. The molecule has 0 aromatic heterocycles. The summed E-state index contributed by atoms with van der Waals surface area (Å²) in [5.41, 5.74) is 0.853. The minimum atomic E-state index is -0.367. The molecule has 0 saturated heterocycles. The van der Waals surface area contributed by atoms with E-state index in [-0.39, 0.29) is 18.5 Å². The molecule has 0 radical (unpaired) electrons. The minimum Gasteiger partial charge on any atom is -0.493 e. The molecule has 17 heavy (non-hydrogen) atoms. The van der Waals surface area contributed by atoms with Crippen molar-refractivity contribution in [3.05, 3.63) is 29.8 Å². The molecule has 0 saturated carbocycles. The first-order valence-corrected chi connectivity index (χ1v) is 5.58. The van der Waals surface area contributed by atoms with E-state index < -0.39 is 0 Å². The monoisotopic (exact) mass is 238 g/mol. The van der Waals surface area contributed by atoms with Gasteiger partial charge in [-0.25, -0.2) is 0 Å². The van der Waals surface area contributed by atoms with Crippen LogP contribution in [0.2, 0.25) is 0 Å². The number of carbonyl (C=O) groups excluding carboxylic acids is 1. The topological polar surface area (TPSA) is 55.8 Å². The normalized spacial score (nSPS) is 11.9. The molecular formula is C13H18O4. The molecule has 0 heterocycles. The zero-order chi connectivity index (χ0) is 12.7. The molecule has 0 aliphatic rings. The lowest BCUT2D eigenvalue weighted by Gasteiger charge is -2.08. The highest BCUT2D eigenvalue weighted by molar-refractivity contribution is 5.72. The Bertz CT molecular complexity index is 360. The van der Waals surface area contributed by atoms with Crippen molar-refractivity contribution in [1.82, 2.24) is 0 Å². The summed E-state index contributed by atoms with van der Waals surface area (Å²) in [5.74, 6) is 0.429. The smallest absolute Gasteiger partial charge is 0.309 e. The van der Waals surface area contributed by atoms with Crippen LogP contribution >= 0.6 is 0 Å². The summed E-state index contributed by atoms with van der Waals surface area (Å²) in [7, 11) is 1.37. The van der Waals surface area contributed by atoms with Gasteiger partial charge in [-0.3, -0.25) is 4.79 Å². The number of hydrogen-bond acceptors (Lipinski definition) is 4. The quantitative estimate of drug-likeness (QED) is 0.764. The van der Waals surface area contributed by atoms with Crippen LogP contribution in [0.3, 0.4) is 0 Å². The first-order valence-electron chi connectivity index (χ1n) is 5.58. The van der Waals surface area contributed by atoms with Crippen molar-refractivity contribution in [1.29, 1.82) is 0 Å². The van der Waals surface area contributed by atoms with Crippen LogP contribution in [0.1, 0.15) is 18.9 Å². The fourth-order valence-electron chi connectivity index (χ4n) is 1.33. The highest BCUT2D eigenvalue weighted by atomic mass is 16.5. The lowest BCUT2D eigenvalue weighted by atomic mass is 10.1. The van der Waals surface area contributed by atoms with Crippen molar-refractivity contribution >= 4 is 5.97 Å². The van der Waals surface area contributed by atoms with E-state index in [1.807, 2.05) is 18.2 Å². The molecular weight excluding hydrogens is 220 g/mol. The third-order valence-corrected chi connectivity index (χ3v) is 2.28. The van der Waals surface area contributed by atoms with Crippen molar-refractivity contribution in [3.63, 3.8) is 0 Å². The van der Waals surface area contributed by atoms with Crippen LogP contribution in [0.25, 0.3) is 0 Å². The number of aliphatic hydroxyl groups is 1. The highest BCUT2D eigenvalue weighted by Gasteiger charge is 2.04. The van der Waals surface area contributed by atoms with Crippen LogP contribution in [0.5, 0.6) is 5.75 Å². The Kier molecular flexibility index (Phi) is 5.49. The Morgan fingerprint density at radius 2 is 2.24 bits per heavy atom. The molecule has 0 bridgehead atoms. The number of ether oxygens (including phenoxy) is 2. The Morgan fingerprint density at radius 1 is 1.47 bits per heavy atom. The van der Waals surface area contributed by atoms with E-state index >= 15 is 0 Å². The van der Waals surface area contributed by atoms with Crippen LogP contribution in [0.15, 0.2) is 24.3 Å². The molecule has 1 aromatic carbocycles. The fourth-order valence-corrected chi connectivity index (χ4v) is 1.33. The lowest BCUT2D eigenvalue weighted by molar-refractivity contribution is -0.139. The van der Waals surface area contributed by atoms with Crippen molar-refractivity contribution in [2.75, 3.05) is 13.7 Å². The molecule has 4 nitrogen and oxygen atoms in total. The van der Waals surface area contributed by atoms with Gasteiger partial charge >= 0.3 is 5.97 Å². The molecule has 1 unspecified atom stereocenters. The van der Waals surface area contributed by atoms with Gasteiger partial charge < -0.3 is 14.6 Å². The molecule has 94 valence electrons. The van der Waals surface area contributed by atoms with Crippen molar-refractivity contribution in [2.45, 2.75) is 25.9 Å². The summed E-state index contributed by atoms with van der Waals surface area (Å²) in [6.45, 7) is 2.18. The Hall–Kier alpha value is -1.55. The highest BCUT2D eigenvalue weighted by Crippen LogP contribution is 2.14. The number of aliphatic hydroxyl groups excluding tert-OH is 1. The van der Waals surface area contributed by atoms with Gasteiger partial charge in [-0.1, -0.05) is 12.1 Å². The summed E-state index contributed by atoms with van der Waals surface area (Å²) in [5, 5.41) is 9.09. The summed E-state index contributed by atoms with van der Waals surface area (Å²) in [6.07, 6.45) is 0.457.